The molecule has 1 amide bonds. The van der Waals surface area contributed by atoms with Gasteiger partial charge in [0.1, 0.15) is 5.75 Å². The monoisotopic (exact) mass is 344 g/mol. The van der Waals surface area contributed by atoms with Crippen LogP contribution in [0.2, 0.25) is 0 Å². The van der Waals surface area contributed by atoms with Crippen LogP contribution in [0, 0.1) is 5.92 Å². The van der Waals surface area contributed by atoms with Crippen LogP contribution in [-0.2, 0) is 4.79 Å². The second-order valence-corrected chi connectivity index (χ2v) is 6.38. The number of carbonyl (C=O) groups excluding carboxylic acids is 1. The second kappa shape index (κ2) is 7.31. The Labute approximate surface area is 152 Å². The molecule has 0 aromatic heterocycles. The second-order valence-electron chi connectivity index (χ2n) is 6.38. The summed E-state index contributed by atoms with van der Waals surface area (Å²) in [6, 6.07) is 25.2. The summed E-state index contributed by atoms with van der Waals surface area (Å²) < 4.78 is 5.97. The molecule has 4 heteroatoms. The lowest BCUT2D eigenvalue weighted by Gasteiger charge is -2.13. The lowest BCUT2D eigenvalue weighted by atomic mass is 10.2. The number of carbonyl (C=O) groups is 1. The van der Waals surface area contributed by atoms with Gasteiger partial charge in [0.2, 0.25) is 5.91 Å². The van der Waals surface area contributed by atoms with Gasteiger partial charge < -0.3 is 15.4 Å². The molecule has 3 aromatic carbocycles. The van der Waals surface area contributed by atoms with Gasteiger partial charge in [0.15, 0.2) is 5.75 Å². The van der Waals surface area contributed by atoms with Gasteiger partial charge >= 0.3 is 0 Å². The van der Waals surface area contributed by atoms with Gasteiger partial charge in [-0.1, -0.05) is 30.3 Å². The van der Waals surface area contributed by atoms with Gasteiger partial charge in [0.05, 0.1) is 5.69 Å². The first-order valence-electron chi connectivity index (χ1n) is 8.78. The summed E-state index contributed by atoms with van der Waals surface area (Å²) in [7, 11) is 0. The number of ether oxygens (including phenoxy) is 1. The zero-order valence-electron chi connectivity index (χ0n) is 14.3. The van der Waals surface area contributed by atoms with Gasteiger partial charge in [0.25, 0.3) is 0 Å². The minimum Gasteiger partial charge on any atom is -0.455 e. The molecule has 0 saturated heterocycles. The predicted octanol–water partition coefficient (Wildman–Crippen LogP) is 5.57. The normalized spacial score (nSPS) is 13.1. The summed E-state index contributed by atoms with van der Waals surface area (Å²) in [5.41, 5.74) is 2.63. The van der Waals surface area contributed by atoms with Crippen LogP contribution in [0.1, 0.15) is 12.8 Å². The van der Waals surface area contributed by atoms with Crippen molar-refractivity contribution in [2.45, 2.75) is 12.8 Å². The molecule has 0 heterocycles. The van der Waals surface area contributed by atoms with Crippen molar-refractivity contribution in [1.29, 1.82) is 0 Å². The molecule has 0 aliphatic heterocycles. The van der Waals surface area contributed by atoms with E-state index in [0.717, 1.165) is 41.4 Å². The minimum absolute atomic E-state index is 0.118. The Morgan fingerprint density at radius 3 is 2.19 bits per heavy atom. The highest BCUT2D eigenvalue weighted by Gasteiger charge is 2.29. The third-order valence-corrected chi connectivity index (χ3v) is 4.24. The van der Waals surface area contributed by atoms with Crippen molar-refractivity contribution in [3.05, 3.63) is 78.9 Å². The molecule has 1 fully saturated rings. The molecule has 1 aliphatic carbocycles. The summed E-state index contributed by atoms with van der Waals surface area (Å²) in [5.74, 6) is 1.87. The van der Waals surface area contributed by atoms with E-state index >= 15 is 0 Å². The lowest BCUT2D eigenvalue weighted by molar-refractivity contribution is -0.117. The van der Waals surface area contributed by atoms with Gasteiger partial charge in [-0.2, -0.15) is 0 Å². The molecule has 130 valence electrons. The maximum atomic E-state index is 11.8. The van der Waals surface area contributed by atoms with Crippen molar-refractivity contribution in [1.82, 2.24) is 0 Å². The van der Waals surface area contributed by atoms with E-state index in [-0.39, 0.29) is 11.8 Å². The Hall–Kier alpha value is -3.27. The van der Waals surface area contributed by atoms with E-state index in [2.05, 4.69) is 10.6 Å². The molecule has 4 nitrogen and oxygen atoms in total. The van der Waals surface area contributed by atoms with Crippen LogP contribution < -0.4 is 15.4 Å². The van der Waals surface area contributed by atoms with Gasteiger partial charge in [-0.25, -0.2) is 0 Å². The van der Waals surface area contributed by atoms with Crippen LogP contribution in [-0.4, -0.2) is 5.91 Å². The molecule has 4 rings (SSSR count). The standard InChI is InChI=1S/C22H20N2O2/c25-22(16-10-11-16)24-18-14-12-17(13-15-18)23-20-8-4-5-9-21(20)26-19-6-2-1-3-7-19/h1-9,12-16,23H,10-11H2,(H,24,25). The molecule has 1 saturated carbocycles. The zero-order chi connectivity index (χ0) is 17.8. The maximum absolute atomic E-state index is 11.8. The highest BCUT2D eigenvalue weighted by Crippen LogP contribution is 2.32. The number of benzene rings is 3. The molecule has 3 aromatic rings. The Morgan fingerprint density at radius 1 is 0.808 bits per heavy atom. The van der Waals surface area contributed by atoms with Crippen molar-refractivity contribution in [2.24, 2.45) is 5.92 Å². The van der Waals surface area contributed by atoms with Crippen LogP contribution in [0.15, 0.2) is 78.9 Å². The van der Waals surface area contributed by atoms with Crippen LogP contribution in [0.3, 0.4) is 0 Å². The fourth-order valence-corrected chi connectivity index (χ4v) is 2.66. The van der Waals surface area contributed by atoms with Crippen LogP contribution in [0.5, 0.6) is 11.5 Å². The number of rotatable bonds is 6. The molecular formula is C22H20N2O2. The first-order chi connectivity index (χ1) is 12.8. The van der Waals surface area contributed by atoms with Crippen LogP contribution >= 0.6 is 0 Å². The summed E-state index contributed by atoms with van der Waals surface area (Å²) in [6.45, 7) is 0. The Morgan fingerprint density at radius 2 is 1.46 bits per heavy atom. The molecule has 26 heavy (non-hydrogen) atoms. The lowest BCUT2D eigenvalue weighted by Crippen LogP contribution is -2.13. The Balaban J connectivity index is 1.46. The van der Waals surface area contributed by atoms with E-state index in [1.54, 1.807) is 0 Å². The van der Waals surface area contributed by atoms with E-state index < -0.39 is 0 Å². The van der Waals surface area contributed by atoms with E-state index in [1.165, 1.54) is 0 Å². The van der Waals surface area contributed by atoms with Gasteiger partial charge in [-0.15, -0.1) is 0 Å². The number of amides is 1. The number of para-hydroxylation sites is 3. The van der Waals surface area contributed by atoms with Gasteiger partial charge in [0, 0.05) is 17.3 Å². The predicted molar refractivity (Wildman–Crippen MR) is 104 cm³/mol. The minimum atomic E-state index is 0.118. The fraction of sp³-hybridized carbons (Fsp3) is 0.136. The summed E-state index contributed by atoms with van der Waals surface area (Å²) in [6.07, 6.45) is 2.01. The molecule has 0 unspecified atom stereocenters. The number of hydrogen-bond donors (Lipinski definition) is 2. The summed E-state index contributed by atoms with van der Waals surface area (Å²) >= 11 is 0. The van der Waals surface area contributed by atoms with E-state index in [9.17, 15) is 4.79 Å². The van der Waals surface area contributed by atoms with Crippen LogP contribution in [0.4, 0.5) is 17.1 Å². The summed E-state index contributed by atoms with van der Waals surface area (Å²) in [4.78, 5) is 11.8. The quantitative estimate of drug-likeness (QED) is 0.614. The molecule has 0 spiro atoms. The molecule has 0 bridgehead atoms. The maximum Gasteiger partial charge on any atom is 0.227 e. The van der Waals surface area contributed by atoms with Gasteiger partial charge in [-0.05, 0) is 61.4 Å². The van der Waals surface area contributed by atoms with E-state index in [4.69, 9.17) is 4.74 Å². The molecule has 0 atom stereocenters. The first kappa shape index (κ1) is 16.2. The number of nitrogens with one attached hydrogen (secondary N) is 2. The number of anilines is 3. The third kappa shape index (κ3) is 4.03. The molecular weight excluding hydrogens is 324 g/mol. The van der Waals surface area contributed by atoms with Gasteiger partial charge in [-0.3, -0.25) is 4.79 Å². The summed E-state index contributed by atoms with van der Waals surface area (Å²) in [5, 5.41) is 6.32. The topological polar surface area (TPSA) is 50.4 Å². The van der Waals surface area contributed by atoms with Crippen LogP contribution in [0.25, 0.3) is 0 Å². The zero-order valence-corrected chi connectivity index (χ0v) is 14.3. The first-order valence-corrected chi connectivity index (χ1v) is 8.78. The average molecular weight is 344 g/mol. The molecule has 1 aliphatic rings. The largest absolute Gasteiger partial charge is 0.455 e. The number of hydrogen-bond acceptors (Lipinski definition) is 3. The molecule has 0 radical (unpaired) electrons. The Bertz CT molecular complexity index is 888. The van der Waals surface area contributed by atoms with Crippen molar-refractivity contribution in [3.63, 3.8) is 0 Å². The smallest absolute Gasteiger partial charge is 0.227 e. The van der Waals surface area contributed by atoms with E-state index in [0.29, 0.717) is 0 Å². The average Bonchev–Trinajstić information content (AvgIpc) is 3.51. The van der Waals surface area contributed by atoms with Crippen molar-refractivity contribution in [3.8, 4) is 11.5 Å². The third-order valence-electron chi connectivity index (χ3n) is 4.24. The Kier molecular flexibility index (Phi) is 4.56. The van der Waals surface area contributed by atoms with Crippen molar-refractivity contribution in [2.75, 3.05) is 10.6 Å². The fourth-order valence-electron chi connectivity index (χ4n) is 2.66. The van der Waals surface area contributed by atoms with Crippen molar-refractivity contribution < 1.29 is 9.53 Å². The SMILES string of the molecule is O=C(Nc1ccc(Nc2ccccc2Oc2ccccc2)cc1)C1CC1. The van der Waals surface area contributed by atoms with E-state index in [1.807, 2.05) is 78.9 Å². The molecule has 2 N–H and O–H groups in total. The highest BCUT2D eigenvalue weighted by atomic mass is 16.5. The highest BCUT2D eigenvalue weighted by molar-refractivity contribution is 5.94. The van der Waals surface area contributed by atoms with Crippen molar-refractivity contribution >= 4 is 23.0 Å².